The average molecular weight is 528 g/mol. The topological polar surface area (TPSA) is 78.8 Å². The SMILES string of the molecule is N#Cc1ccc2nc(N3CCC4(C=C(c5c(-c6c(Cl)cccc6Cl)noc5C5CC5)C4)CC3)cnc2c1. The molecule has 2 fully saturated rings. The van der Waals surface area contributed by atoms with Crippen molar-refractivity contribution in [2.45, 2.75) is 38.0 Å². The van der Waals surface area contributed by atoms with Gasteiger partial charge < -0.3 is 9.42 Å². The van der Waals surface area contributed by atoms with Crippen molar-refractivity contribution >= 4 is 45.6 Å². The first-order valence-corrected chi connectivity index (χ1v) is 13.4. The lowest BCUT2D eigenvalue weighted by Gasteiger charge is -2.46. The Balaban J connectivity index is 1.14. The van der Waals surface area contributed by atoms with Gasteiger partial charge in [0.2, 0.25) is 0 Å². The van der Waals surface area contributed by atoms with E-state index in [0.29, 0.717) is 21.5 Å². The van der Waals surface area contributed by atoms with Crippen LogP contribution in [0.1, 0.15) is 54.9 Å². The molecular formula is C29H23Cl2N5O. The quantitative estimate of drug-likeness (QED) is 0.274. The lowest BCUT2D eigenvalue weighted by Crippen LogP contribution is -2.42. The van der Waals surface area contributed by atoms with E-state index in [1.54, 1.807) is 12.1 Å². The van der Waals surface area contributed by atoms with E-state index in [9.17, 15) is 0 Å². The Hall–Kier alpha value is -3.40. The maximum Gasteiger partial charge on any atom is 0.147 e. The van der Waals surface area contributed by atoms with E-state index in [1.807, 2.05) is 30.5 Å². The van der Waals surface area contributed by atoms with Crippen LogP contribution in [-0.4, -0.2) is 28.2 Å². The molecule has 0 unspecified atom stereocenters. The number of nitrogens with zero attached hydrogens (tertiary/aromatic N) is 5. The van der Waals surface area contributed by atoms with Crippen LogP contribution < -0.4 is 4.90 Å². The molecule has 1 saturated heterocycles. The van der Waals surface area contributed by atoms with E-state index >= 15 is 0 Å². The Morgan fingerprint density at radius 2 is 1.78 bits per heavy atom. The largest absolute Gasteiger partial charge is 0.360 e. The van der Waals surface area contributed by atoms with Crippen molar-refractivity contribution in [3.05, 3.63) is 75.6 Å². The molecule has 2 aliphatic carbocycles. The van der Waals surface area contributed by atoms with Gasteiger partial charge in [-0.2, -0.15) is 5.26 Å². The molecule has 6 nitrogen and oxygen atoms in total. The number of aromatic nitrogens is 3. The first-order chi connectivity index (χ1) is 18.0. The summed E-state index contributed by atoms with van der Waals surface area (Å²) in [6.45, 7) is 1.84. The van der Waals surface area contributed by atoms with Crippen LogP contribution in [0.4, 0.5) is 5.82 Å². The van der Waals surface area contributed by atoms with Crippen LogP contribution in [0.5, 0.6) is 0 Å². The summed E-state index contributed by atoms with van der Waals surface area (Å²) in [4.78, 5) is 11.7. The Labute approximate surface area is 224 Å². The zero-order chi connectivity index (χ0) is 25.1. The maximum atomic E-state index is 9.12. The summed E-state index contributed by atoms with van der Waals surface area (Å²) in [5.41, 5.74) is 6.25. The van der Waals surface area contributed by atoms with Crippen LogP contribution in [0, 0.1) is 16.7 Å². The Morgan fingerprint density at radius 1 is 1.03 bits per heavy atom. The van der Waals surface area contributed by atoms with Crippen LogP contribution in [0.25, 0.3) is 27.9 Å². The number of rotatable bonds is 4. The highest BCUT2D eigenvalue weighted by Crippen LogP contribution is 2.56. The zero-order valence-electron chi connectivity index (χ0n) is 20.0. The van der Waals surface area contributed by atoms with E-state index < -0.39 is 0 Å². The summed E-state index contributed by atoms with van der Waals surface area (Å²) in [5.74, 6) is 2.31. The molecule has 0 atom stereocenters. The minimum atomic E-state index is 0.178. The third-order valence-electron chi connectivity index (χ3n) is 7.95. The highest BCUT2D eigenvalue weighted by Gasteiger charge is 2.44. The molecule has 1 saturated carbocycles. The number of benzene rings is 2. The van der Waals surface area contributed by atoms with Gasteiger partial charge in [0.1, 0.15) is 17.3 Å². The Kier molecular flexibility index (Phi) is 5.28. The molecule has 3 heterocycles. The maximum absolute atomic E-state index is 9.12. The molecule has 37 heavy (non-hydrogen) atoms. The van der Waals surface area contributed by atoms with Gasteiger partial charge in [0.15, 0.2) is 0 Å². The minimum Gasteiger partial charge on any atom is -0.360 e. The molecule has 0 radical (unpaired) electrons. The molecule has 0 N–H and O–H groups in total. The van der Waals surface area contributed by atoms with Crippen LogP contribution in [0.2, 0.25) is 10.0 Å². The van der Waals surface area contributed by atoms with E-state index in [4.69, 9.17) is 38.0 Å². The number of hydrogen-bond donors (Lipinski definition) is 0. The van der Waals surface area contributed by atoms with Crippen LogP contribution >= 0.6 is 23.2 Å². The van der Waals surface area contributed by atoms with Crippen molar-refractivity contribution in [2.24, 2.45) is 5.41 Å². The number of nitriles is 1. The van der Waals surface area contributed by atoms with Gasteiger partial charge in [-0.05, 0) is 73.4 Å². The summed E-state index contributed by atoms with van der Waals surface area (Å²) in [7, 11) is 0. The minimum absolute atomic E-state index is 0.178. The van der Waals surface area contributed by atoms with Crippen molar-refractivity contribution in [2.75, 3.05) is 18.0 Å². The summed E-state index contributed by atoms with van der Waals surface area (Å²) < 4.78 is 5.89. The third kappa shape index (κ3) is 3.89. The van der Waals surface area contributed by atoms with Crippen LogP contribution in [-0.2, 0) is 0 Å². The van der Waals surface area contributed by atoms with Gasteiger partial charge in [0.25, 0.3) is 0 Å². The average Bonchev–Trinajstić information content (AvgIpc) is 3.66. The molecule has 0 amide bonds. The molecule has 2 aromatic carbocycles. The Bertz CT molecular complexity index is 1600. The van der Waals surface area contributed by atoms with Gasteiger partial charge >= 0.3 is 0 Å². The van der Waals surface area contributed by atoms with Crippen LogP contribution in [0.15, 0.2) is 53.2 Å². The second kappa shape index (κ2) is 8.58. The van der Waals surface area contributed by atoms with E-state index in [-0.39, 0.29) is 5.41 Å². The molecule has 2 aromatic heterocycles. The van der Waals surface area contributed by atoms with Crippen molar-refractivity contribution < 1.29 is 4.52 Å². The highest BCUT2D eigenvalue weighted by molar-refractivity contribution is 6.39. The number of piperidine rings is 1. The summed E-state index contributed by atoms with van der Waals surface area (Å²) >= 11 is 13.1. The number of halogens is 2. The van der Waals surface area contributed by atoms with Gasteiger partial charge in [-0.3, -0.25) is 4.98 Å². The molecule has 8 heteroatoms. The summed E-state index contributed by atoms with van der Waals surface area (Å²) in [5, 5.41) is 14.8. The zero-order valence-corrected chi connectivity index (χ0v) is 21.6. The predicted octanol–water partition coefficient (Wildman–Crippen LogP) is 7.41. The Morgan fingerprint density at radius 3 is 2.49 bits per heavy atom. The van der Waals surface area contributed by atoms with Gasteiger partial charge in [-0.25, -0.2) is 4.98 Å². The number of hydrogen-bond acceptors (Lipinski definition) is 6. The van der Waals surface area contributed by atoms with Gasteiger partial charge in [-0.1, -0.05) is 40.5 Å². The standard InChI is InChI=1S/C29H23Cl2N5O/c30-20-2-1-3-21(31)26(20)27-25(28(37-35-27)18-5-6-18)19-13-29(14-19)8-10-36(11-9-29)24-16-33-23-12-17(15-32)4-7-22(23)34-24/h1-4,7,12-13,16,18H,5-6,8-11,14H2. The number of anilines is 1. The molecule has 3 aliphatic rings. The molecule has 1 aliphatic heterocycles. The van der Waals surface area contributed by atoms with Crippen molar-refractivity contribution in [3.63, 3.8) is 0 Å². The monoisotopic (exact) mass is 527 g/mol. The second-order valence-corrected chi connectivity index (χ2v) is 11.2. The molecular weight excluding hydrogens is 505 g/mol. The summed E-state index contributed by atoms with van der Waals surface area (Å²) in [6.07, 6.45) is 9.63. The fourth-order valence-corrected chi connectivity index (χ4v) is 6.31. The molecule has 7 rings (SSSR count). The summed E-state index contributed by atoms with van der Waals surface area (Å²) in [6, 6.07) is 13.1. The first-order valence-electron chi connectivity index (χ1n) is 12.6. The highest BCUT2D eigenvalue weighted by atomic mass is 35.5. The van der Waals surface area contributed by atoms with Crippen molar-refractivity contribution in [1.82, 2.24) is 15.1 Å². The van der Waals surface area contributed by atoms with E-state index in [1.165, 1.54) is 5.57 Å². The first kappa shape index (κ1) is 22.8. The van der Waals surface area contributed by atoms with Gasteiger partial charge in [0.05, 0.1) is 38.9 Å². The van der Waals surface area contributed by atoms with Gasteiger partial charge in [0, 0.05) is 30.1 Å². The molecule has 1 spiro atoms. The fraction of sp³-hybridized carbons (Fsp3) is 0.310. The van der Waals surface area contributed by atoms with E-state index in [0.717, 1.165) is 84.6 Å². The molecule has 0 bridgehead atoms. The fourth-order valence-electron chi connectivity index (χ4n) is 5.74. The second-order valence-electron chi connectivity index (χ2n) is 10.4. The third-order valence-corrected chi connectivity index (χ3v) is 8.58. The lowest BCUT2D eigenvalue weighted by atomic mass is 9.63. The van der Waals surface area contributed by atoms with Crippen molar-refractivity contribution in [3.8, 4) is 17.3 Å². The lowest BCUT2D eigenvalue weighted by molar-refractivity contribution is 0.277. The predicted molar refractivity (Wildman–Crippen MR) is 145 cm³/mol. The van der Waals surface area contributed by atoms with E-state index in [2.05, 4.69) is 27.2 Å². The molecule has 4 aromatic rings. The van der Waals surface area contributed by atoms with Crippen LogP contribution in [0.3, 0.4) is 0 Å². The number of allylic oxidation sites excluding steroid dienone is 2. The van der Waals surface area contributed by atoms with Crippen molar-refractivity contribution in [1.29, 1.82) is 5.26 Å². The number of fused-ring (bicyclic) bond motifs is 1. The molecule has 184 valence electrons. The normalized spacial score (nSPS) is 18.5. The smallest absolute Gasteiger partial charge is 0.147 e. The van der Waals surface area contributed by atoms with Gasteiger partial charge in [-0.15, -0.1) is 0 Å².